The van der Waals surface area contributed by atoms with Gasteiger partial charge in [0.2, 0.25) is 5.91 Å². The lowest BCUT2D eigenvalue weighted by atomic mass is 10.1. The zero-order valence-corrected chi connectivity index (χ0v) is 14.8. The molecule has 0 bridgehead atoms. The summed E-state index contributed by atoms with van der Waals surface area (Å²) in [7, 11) is 1.51. The molecule has 2 aromatic carbocycles. The summed E-state index contributed by atoms with van der Waals surface area (Å²) in [4.78, 5) is 22.8. The molecule has 0 fully saturated rings. The van der Waals surface area contributed by atoms with Crippen LogP contribution in [0.5, 0.6) is 5.75 Å². The van der Waals surface area contributed by atoms with Crippen LogP contribution in [0.2, 0.25) is 5.02 Å². The Morgan fingerprint density at radius 1 is 1.20 bits per heavy atom. The van der Waals surface area contributed by atoms with Crippen molar-refractivity contribution in [2.45, 2.75) is 13.8 Å². The van der Waals surface area contributed by atoms with E-state index in [1.807, 2.05) is 6.92 Å². The summed E-state index contributed by atoms with van der Waals surface area (Å²) >= 11 is 5.94. The number of carbonyl (C=O) groups excluding carboxylic acids is 1. The number of aryl methyl sites for hydroxylation is 2. The first-order valence-electron chi connectivity index (χ1n) is 7.44. The third kappa shape index (κ3) is 4.60. The molecule has 0 aliphatic carbocycles. The highest BCUT2D eigenvalue weighted by molar-refractivity contribution is 6.30. The second-order valence-corrected chi connectivity index (χ2v) is 5.89. The molecule has 2 rings (SSSR count). The predicted octanol–water partition coefficient (Wildman–Crippen LogP) is 3.92. The Balaban J connectivity index is 2.12. The van der Waals surface area contributed by atoms with Crippen LogP contribution in [-0.2, 0) is 4.79 Å². The number of ether oxygens (including phenoxy) is 1. The van der Waals surface area contributed by atoms with E-state index in [4.69, 9.17) is 16.3 Å². The number of nitrogens with zero attached hydrogens (tertiary/aromatic N) is 1. The Bertz CT molecular complexity index is 824. The lowest BCUT2D eigenvalue weighted by molar-refractivity contribution is -0.384. The van der Waals surface area contributed by atoms with Gasteiger partial charge in [0.1, 0.15) is 11.4 Å². The highest BCUT2D eigenvalue weighted by Gasteiger charge is 2.17. The molecule has 0 heterocycles. The van der Waals surface area contributed by atoms with Crippen molar-refractivity contribution in [3.63, 3.8) is 0 Å². The normalized spacial score (nSPS) is 10.2. The number of nitrogens with one attached hydrogen (secondary N) is 2. The standard InChI is InChI=1S/C17H18ClN3O4/c1-10-6-13(15(21(23)24)7-11(10)2)20-17(22)9-19-14-8-12(18)4-5-16(14)25-3/h4-8,19H,9H2,1-3H3,(H,20,22). The molecule has 0 aliphatic rings. The van der Waals surface area contributed by atoms with Crippen LogP contribution in [0, 0.1) is 24.0 Å². The van der Waals surface area contributed by atoms with E-state index in [9.17, 15) is 14.9 Å². The van der Waals surface area contributed by atoms with Crippen LogP contribution in [0.3, 0.4) is 0 Å². The molecule has 0 unspecified atom stereocenters. The van der Waals surface area contributed by atoms with E-state index in [-0.39, 0.29) is 17.9 Å². The summed E-state index contributed by atoms with van der Waals surface area (Å²) in [5.41, 5.74) is 2.21. The molecule has 8 heteroatoms. The quantitative estimate of drug-likeness (QED) is 0.599. The van der Waals surface area contributed by atoms with Gasteiger partial charge in [0.05, 0.1) is 24.3 Å². The second kappa shape index (κ2) is 7.85. The Labute approximate surface area is 150 Å². The molecule has 0 aliphatic heterocycles. The van der Waals surface area contributed by atoms with E-state index in [0.717, 1.165) is 11.1 Å². The largest absolute Gasteiger partial charge is 0.495 e. The number of carbonyl (C=O) groups is 1. The maximum Gasteiger partial charge on any atom is 0.293 e. The number of anilines is 2. The van der Waals surface area contributed by atoms with Gasteiger partial charge in [0, 0.05) is 11.1 Å². The van der Waals surface area contributed by atoms with Crippen molar-refractivity contribution in [3.8, 4) is 5.75 Å². The molecule has 0 saturated carbocycles. The SMILES string of the molecule is COc1ccc(Cl)cc1NCC(=O)Nc1cc(C)c(C)cc1[N+](=O)[O-]. The van der Waals surface area contributed by atoms with Crippen molar-refractivity contribution < 1.29 is 14.5 Å². The van der Waals surface area contributed by atoms with Crippen molar-refractivity contribution in [2.24, 2.45) is 0 Å². The van der Waals surface area contributed by atoms with Crippen molar-refractivity contribution in [1.29, 1.82) is 0 Å². The molecule has 7 nitrogen and oxygen atoms in total. The van der Waals surface area contributed by atoms with E-state index in [2.05, 4.69) is 10.6 Å². The van der Waals surface area contributed by atoms with Crippen molar-refractivity contribution in [1.82, 2.24) is 0 Å². The van der Waals surface area contributed by atoms with Crippen molar-refractivity contribution in [3.05, 3.63) is 56.6 Å². The number of amides is 1. The molecule has 0 atom stereocenters. The second-order valence-electron chi connectivity index (χ2n) is 5.46. The van der Waals surface area contributed by atoms with Crippen molar-refractivity contribution in [2.75, 3.05) is 24.3 Å². The van der Waals surface area contributed by atoms with Crippen LogP contribution in [0.15, 0.2) is 30.3 Å². The van der Waals surface area contributed by atoms with Gasteiger partial charge in [0.15, 0.2) is 0 Å². The van der Waals surface area contributed by atoms with Crippen LogP contribution in [-0.4, -0.2) is 24.5 Å². The van der Waals surface area contributed by atoms with Gasteiger partial charge < -0.3 is 15.4 Å². The zero-order valence-electron chi connectivity index (χ0n) is 14.1. The molecule has 25 heavy (non-hydrogen) atoms. The van der Waals surface area contributed by atoms with Crippen molar-refractivity contribution >= 4 is 34.6 Å². The minimum atomic E-state index is -0.518. The van der Waals surface area contributed by atoms with E-state index < -0.39 is 10.8 Å². The maximum atomic E-state index is 12.2. The van der Waals surface area contributed by atoms with Gasteiger partial charge in [-0.3, -0.25) is 14.9 Å². The monoisotopic (exact) mass is 363 g/mol. The Hall–Kier alpha value is -2.80. The van der Waals surface area contributed by atoms with Crippen LogP contribution in [0.25, 0.3) is 0 Å². The van der Waals surface area contributed by atoms with Gasteiger partial charge in [-0.2, -0.15) is 0 Å². The molecule has 0 aromatic heterocycles. The first-order chi connectivity index (χ1) is 11.8. The highest BCUT2D eigenvalue weighted by atomic mass is 35.5. The van der Waals surface area contributed by atoms with Crippen LogP contribution in [0.4, 0.5) is 17.1 Å². The molecule has 2 aromatic rings. The number of hydrogen-bond donors (Lipinski definition) is 2. The molecular weight excluding hydrogens is 346 g/mol. The number of rotatable bonds is 6. The topological polar surface area (TPSA) is 93.5 Å². The molecule has 1 amide bonds. The fourth-order valence-electron chi connectivity index (χ4n) is 2.24. The van der Waals surface area contributed by atoms with E-state index in [0.29, 0.717) is 16.5 Å². The summed E-state index contributed by atoms with van der Waals surface area (Å²) in [6.07, 6.45) is 0. The third-order valence-corrected chi connectivity index (χ3v) is 3.92. The summed E-state index contributed by atoms with van der Waals surface area (Å²) in [6.45, 7) is 3.51. The van der Waals surface area contributed by atoms with Crippen LogP contribution >= 0.6 is 11.6 Å². The van der Waals surface area contributed by atoms with E-state index in [1.165, 1.54) is 13.2 Å². The van der Waals surface area contributed by atoms with Gasteiger partial charge in [-0.25, -0.2) is 0 Å². The highest BCUT2D eigenvalue weighted by Crippen LogP contribution is 2.29. The maximum absolute atomic E-state index is 12.2. The molecule has 0 spiro atoms. The molecule has 2 N–H and O–H groups in total. The van der Waals surface area contributed by atoms with Gasteiger partial charge in [-0.15, -0.1) is 0 Å². The third-order valence-electron chi connectivity index (χ3n) is 3.68. The number of nitro benzene ring substituents is 1. The summed E-state index contributed by atoms with van der Waals surface area (Å²) in [5, 5.41) is 17.1. The van der Waals surface area contributed by atoms with Gasteiger partial charge in [-0.1, -0.05) is 11.6 Å². The Kier molecular flexibility index (Phi) is 5.82. The van der Waals surface area contributed by atoms with E-state index in [1.54, 1.807) is 31.2 Å². The Morgan fingerprint density at radius 3 is 2.52 bits per heavy atom. The summed E-state index contributed by atoms with van der Waals surface area (Å²) in [6, 6.07) is 8.01. The lowest BCUT2D eigenvalue weighted by Crippen LogP contribution is -2.22. The van der Waals surface area contributed by atoms with Gasteiger partial charge in [0.25, 0.3) is 5.69 Å². The molecule has 0 radical (unpaired) electrons. The molecule has 132 valence electrons. The molecule has 0 saturated heterocycles. The smallest absolute Gasteiger partial charge is 0.293 e. The minimum Gasteiger partial charge on any atom is -0.495 e. The van der Waals surface area contributed by atoms with Gasteiger partial charge >= 0.3 is 0 Å². The van der Waals surface area contributed by atoms with Crippen LogP contribution < -0.4 is 15.4 Å². The number of methoxy groups -OCH3 is 1. The average molecular weight is 364 g/mol. The fraction of sp³-hybridized carbons (Fsp3) is 0.235. The average Bonchev–Trinajstić information content (AvgIpc) is 2.56. The van der Waals surface area contributed by atoms with Gasteiger partial charge in [-0.05, 0) is 49.2 Å². The lowest BCUT2D eigenvalue weighted by Gasteiger charge is -2.12. The fourth-order valence-corrected chi connectivity index (χ4v) is 2.41. The minimum absolute atomic E-state index is 0.0964. The number of benzene rings is 2. The first kappa shape index (κ1) is 18.5. The molecular formula is C17H18ClN3O4. The number of hydrogen-bond acceptors (Lipinski definition) is 5. The Morgan fingerprint density at radius 2 is 1.88 bits per heavy atom. The number of nitro groups is 1. The zero-order chi connectivity index (χ0) is 18.6. The van der Waals surface area contributed by atoms with E-state index >= 15 is 0 Å². The summed E-state index contributed by atoms with van der Waals surface area (Å²) < 4.78 is 5.19. The van der Waals surface area contributed by atoms with Crippen LogP contribution in [0.1, 0.15) is 11.1 Å². The first-order valence-corrected chi connectivity index (χ1v) is 7.82. The predicted molar refractivity (Wildman–Crippen MR) is 97.7 cm³/mol. The number of halogens is 1. The summed E-state index contributed by atoms with van der Waals surface area (Å²) in [5.74, 6) is 0.114.